The molecule has 1 atom stereocenters. The zero-order valence-electron chi connectivity index (χ0n) is 14.1. The molecule has 134 valence electrons. The van der Waals surface area contributed by atoms with Crippen molar-refractivity contribution in [2.24, 2.45) is 0 Å². The van der Waals surface area contributed by atoms with Crippen molar-refractivity contribution in [2.45, 2.75) is 31.5 Å². The van der Waals surface area contributed by atoms with E-state index in [9.17, 15) is 8.42 Å². The van der Waals surface area contributed by atoms with Gasteiger partial charge >= 0.3 is 40.0 Å². The van der Waals surface area contributed by atoms with Crippen LogP contribution in [0.5, 0.6) is 5.75 Å². The summed E-state index contributed by atoms with van der Waals surface area (Å²) in [5.74, 6) is 0.232. The predicted octanol–water partition coefficient (Wildman–Crippen LogP) is 0.202. The summed E-state index contributed by atoms with van der Waals surface area (Å²) in [5.41, 5.74) is -0.243. The maximum absolute atomic E-state index is 11.8. The van der Waals surface area contributed by atoms with Gasteiger partial charge in [-0.25, -0.2) is 4.18 Å². The van der Waals surface area contributed by atoms with Crippen LogP contribution in [0.4, 0.5) is 0 Å². The predicted molar refractivity (Wildman–Crippen MR) is 97.7 cm³/mol. The summed E-state index contributed by atoms with van der Waals surface area (Å²) in [7, 11) is 1.53. The second-order valence-electron chi connectivity index (χ2n) is 5.44. The second-order valence-corrected chi connectivity index (χ2v) is 6.66. The molecule has 0 aliphatic heterocycles. The van der Waals surface area contributed by atoms with E-state index in [1.54, 1.807) is 30.3 Å². The molecule has 0 spiro atoms. The van der Waals surface area contributed by atoms with Gasteiger partial charge in [0.15, 0.2) is 0 Å². The maximum atomic E-state index is 11.8. The van der Waals surface area contributed by atoms with E-state index in [1.165, 1.54) is 0 Å². The monoisotopic (exact) mass is 369 g/mol. The van der Waals surface area contributed by atoms with Gasteiger partial charge in [-0.2, -0.15) is 8.42 Å². The Labute approximate surface area is 167 Å². The second kappa shape index (κ2) is 11.4. The van der Waals surface area contributed by atoms with Crippen molar-refractivity contribution in [3.05, 3.63) is 30.3 Å². The molecule has 0 saturated heterocycles. The summed E-state index contributed by atoms with van der Waals surface area (Å²) >= 11 is 0. The van der Waals surface area contributed by atoms with Gasteiger partial charge in [0.2, 0.25) is 0 Å². The van der Waals surface area contributed by atoms with Gasteiger partial charge in [-0.15, -0.1) is 0 Å². The van der Waals surface area contributed by atoms with Crippen LogP contribution in [0, 0.1) is 0 Å². The molecule has 0 aliphatic carbocycles. The van der Waals surface area contributed by atoms with Crippen LogP contribution in [-0.2, 0) is 14.6 Å². The standard InChI is InChI=1S/C15H27N3O4S.Na.H/c1-15(17-3,18-4)12-13(16-2)10-11-21-23(19,20)22-14-8-6-5-7-9-14;;/h5-9,13,16-18H,10-12H2,1-4H3;;. The van der Waals surface area contributed by atoms with Gasteiger partial charge in [-0.1, -0.05) is 18.2 Å². The Morgan fingerprint density at radius 3 is 2.21 bits per heavy atom. The Bertz CT molecular complexity index is 553. The third-order valence-electron chi connectivity index (χ3n) is 3.80. The van der Waals surface area contributed by atoms with Gasteiger partial charge in [0.25, 0.3) is 0 Å². The van der Waals surface area contributed by atoms with Crippen LogP contribution in [0.1, 0.15) is 19.8 Å². The van der Waals surface area contributed by atoms with Gasteiger partial charge in [-0.3, -0.25) is 0 Å². The van der Waals surface area contributed by atoms with Gasteiger partial charge < -0.3 is 20.1 Å². The average Bonchev–Trinajstić information content (AvgIpc) is 2.54. The summed E-state index contributed by atoms with van der Waals surface area (Å²) in [6.45, 7) is 2.08. The minimum atomic E-state index is -4.05. The van der Waals surface area contributed by atoms with Gasteiger partial charge in [-0.05, 0) is 53.0 Å². The fraction of sp³-hybridized carbons (Fsp3) is 0.600. The summed E-state index contributed by atoms with van der Waals surface area (Å²) in [5, 5.41) is 9.56. The first kappa shape index (κ1) is 23.8. The van der Waals surface area contributed by atoms with Crippen molar-refractivity contribution in [1.29, 1.82) is 0 Å². The molecule has 1 unspecified atom stereocenters. The van der Waals surface area contributed by atoms with E-state index in [4.69, 9.17) is 8.37 Å². The third kappa shape index (κ3) is 8.77. The molecule has 7 nitrogen and oxygen atoms in total. The number of benzene rings is 1. The van der Waals surface area contributed by atoms with Crippen LogP contribution in [0.15, 0.2) is 30.3 Å². The van der Waals surface area contributed by atoms with Crippen LogP contribution in [0.3, 0.4) is 0 Å². The van der Waals surface area contributed by atoms with Gasteiger partial charge in [0.1, 0.15) is 5.75 Å². The van der Waals surface area contributed by atoms with E-state index in [2.05, 4.69) is 16.0 Å². The van der Waals surface area contributed by atoms with E-state index in [0.29, 0.717) is 6.42 Å². The van der Waals surface area contributed by atoms with Crippen LogP contribution in [0.25, 0.3) is 0 Å². The van der Waals surface area contributed by atoms with E-state index in [0.717, 1.165) is 6.42 Å². The number of para-hydroxylation sites is 1. The van der Waals surface area contributed by atoms with Crippen LogP contribution in [-0.4, -0.2) is 77.4 Å². The van der Waals surface area contributed by atoms with Crippen LogP contribution >= 0.6 is 0 Å². The Balaban J connectivity index is 0.00000529. The molecule has 0 aliphatic rings. The van der Waals surface area contributed by atoms with Crippen molar-refractivity contribution in [3.8, 4) is 5.75 Å². The first-order valence-corrected chi connectivity index (χ1v) is 8.86. The van der Waals surface area contributed by atoms with Crippen molar-refractivity contribution in [3.63, 3.8) is 0 Å². The normalized spacial score (nSPS) is 13.2. The molecule has 9 heteroatoms. The summed E-state index contributed by atoms with van der Waals surface area (Å²) in [6, 6.07) is 8.37. The summed E-state index contributed by atoms with van der Waals surface area (Å²) < 4.78 is 33.3. The third-order valence-corrected chi connectivity index (χ3v) is 4.65. The molecule has 1 rings (SSSR count). The van der Waals surface area contributed by atoms with Crippen molar-refractivity contribution in [2.75, 3.05) is 27.7 Å². The molecule has 0 bridgehead atoms. The van der Waals surface area contributed by atoms with Crippen LogP contribution in [0.2, 0.25) is 0 Å². The summed E-state index contributed by atoms with van der Waals surface area (Å²) in [4.78, 5) is 0. The molecule has 0 fully saturated rings. The summed E-state index contributed by atoms with van der Waals surface area (Å²) in [6.07, 6.45) is 1.30. The van der Waals surface area contributed by atoms with Gasteiger partial charge in [0.05, 0.1) is 12.3 Å². The molecule has 0 heterocycles. The zero-order valence-corrected chi connectivity index (χ0v) is 14.9. The van der Waals surface area contributed by atoms with Crippen molar-refractivity contribution >= 4 is 40.0 Å². The number of hydrogen-bond donors (Lipinski definition) is 3. The molecule has 3 N–H and O–H groups in total. The minimum absolute atomic E-state index is 0. The molecule has 0 aromatic heterocycles. The quantitative estimate of drug-likeness (QED) is 0.379. The van der Waals surface area contributed by atoms with Gasteiger partial charge in [0, 0.05) is 6.04 Å². The Morgan fingerprint density at radius 1 is 1.12 bits per heavy atom. The van der Waals surface area contributed by atoms with Crippen LogP contribution < -0.4 is 20.1 Å². The van der Waals surface area contributed by atoms with E-state index in [-0.39, 0.29) is 53.6 Å². The van der Waals surface area contributed by atoms with E-state index >= 15 is 0 Å². The first-order chi connectivity index (χ1) is 10.8. The topological polar surface area (TPSA) is 88.7 Å². The van der Waals surface area contributed by atoms with E-state index < -0.39 is 10.4 Å². The molecular formula is C15H28N3NaO4S. The molecule has 0 saturated carbocycles. The average molecular weight is 369 g/mol. The molecule has 1 aromatic carbocycles. The molecule has 0 amide bonds. The Hall–Kier alpha value is -0.190. The zero-order chi connectivity index (χ0) is 17.3. The number of nitrogens with one attached hydrogen (secondary N) is 3. The number of hydrogen-bond acceptors (Lipinski definition) is 7. The van der Waals surface area contributed by atoms with Crippen molar-refractivity contribution in [1.82, 2.24) is 16.0 Å². The molecular weight excluding hydrogens is 341 g/mol. The SMILES string of the molecule is CNC(CCOS(=O)(=O)Oc1ccccc1)CC(C)(NC)NC.[NaH]. The van der Waals surface area contributed by atoms with Crippen molar-refractivity contribution < 1.29 is 16.8 Å². The fourth-order valence-corrected chi connectivity index (χ4v) is 2.78. The molecule has 0 radical (unpaired) electrons. The Morgan fingerprint density at radius 2 is 1.71 bits per heavy atom. The molecule has 24 heavy (non-hydrogen) atoms. The first-order valence-electron chi connectivity index (χ1n) is 7.53. The number of rotatable bonds is 11. The Kier molecular flexibility index (Phi) is 11.3. The van der Waals surface area contributed by atoms with E-state index in [1.807, 2.05) is 28.1 Å². The molecule has 1 aromatic rings. The fourth-order valence-electron chi connectivity index (χ4n) is 2.08.